The first-order valence-electron chi connectivity index (χ1n) is 6.29. The highest BCUT2D eigenvalue weighted by molar-refractivity contribution is 5.81. The largest absolute Gasteiger partial charge is 0.464 e. The number of carbonyl (C=O) groups is 1. The van der Waals surface area contributed by atoms with Gasteiger partial charge in [-0.25, -0.2) is 13.6 Å². The lowest BCUT2D eigenvalue weighted by Gasteiger charge is -2.13. The van der Waals surface area contributed by atoms with E-state index in [0.717, 1.165) is 0 Å². The minimum atomic E-state index is -1.88. The lowest BCUT2D eigenvalue weighted by Crippen LogP contribution is -2.12. The van der Waals surface area contributed by atoms with Crippen molar-refractivity contribution in [1.29, 1.82) is 0 Å². The van der Waals surface area contributed by atoms with E-state index in [9.17, 15) is 13.6 Å². The highest BCUT2D eigenvalue weighted by atomic mass is 19.1. The van der Waals surface area contributed by atoms with Gasteiger partial charge in [-0.05, 0) is 30.2 Å². The monoisotopic (exact) mass is 276 g/mol. The van der Waals surface area contributed by atoms with E-state index in [-0.39, 0.29) is 12.2 Å². The van der Waals surface area contributed by atoms with Crippen molar-refractivity contribution >= 4 is 5.97 Å². The van der Waals surface area contributed by atoms with E-state index in [4.69, 9.17) is 0 Å². The van der Waals surface area contributed by atoms with Gasteiger partial charge >= 0.3 is 5.97 Å². The van der Waals surface area contributed by atoms with Crippen molar-refractivity contribution in [2.24, 2.45) is 0 Å². The molecule has 1 atom stereocenters. The van der Waals surface area contributed by atoms with E-state index in [1.165, 1.54) is 18.2 Å². The molecule has 20 heavy (non-hydrogen) atoms. The van der Waals surface area contributed by atoms with E-state index in [2.05, 4.69) is 4.74 Å². The van der Waals surface area contributed by atoms with Crippen LogP contribution in [0.3, 0.4) is 0 Å². The Bertz CT molecular complexity index is 611. The number of carbonyl (C=O) groups excluding carboxylic acids is 1. The number of rotatable bonds is 4. The van der Waals surface area contributed by atoms with Gasteiger partial charge in [-0.3, -0.25) is 0 Å². The summed E-state index contributed by atoms with van der Waals surface area (Å²) in [7, 11) is 0. The molecule has 0 saturated carbocycles. The van der Waals surface area contributed by atoms with Crippen LogP contribution < -0.4 is 0 Å². The van der Waals surface area contributed by atoms with Crippen LogP contribution >= 0.6 is 0 Å². The molecule has 0 N–H and O–H groups in total. The summed E-state index contributed by atoms with van der Waals surface area (Å²) in [5, 5.41) is 0. The van der Waals surface area contributed by atoms with Gasteiger partial charge in [-0.1, -0.05) is 36.4 Å². The van der Waals surface area contributed by atoms with Gasteiger partial charge in [0.15, 0.2) is 0 Å². The van der Waals surface area contributed by atoms with Crippen LogP contribution in [0.2, 0.25) is 0 Å². The molecule has 0 radical (unpaired) electrons. The normalized spacial score (nSPS) is 11.9. The van der Waals surface area contributed by atoms with Gasteiger partial charge in [0.25, 0.3) is 0 Å². The van der Waals surface area contributed by atoms with Gasteiger partial charge in [0.1, 0.15) is 5.82 Å². The Hall–Kier alpha value is -2.23. The molecule has 0 aliphatic carbocycles. The molecular formula is C16H14F2O2. The predicted octanol–water partition coefficient (Wildman–Crippen LogP) is 4.07. The van der Waals surface area contributed by atoms with Crippen LogP contribution in [0.1, 0.15) is 18.7 Å². The maximum absolute atomic E-state index is 14.2. The van der Waals surface area contributed by atoms with Crippen molar-refractivity contribution in [1.82, 2.24) is 0 Å². The molecule has 2 rings (SSSR count). The third kappa shape index (κ3) is 3.02. The average Bonchev–Trinajstić information content (AvgIpc) is 2.47. The van der Waals surface area contributed by atoms with Crippen molar-refractivity contribution in [2.75, 3.05) is 6.61 Å². The SMILES string of the molecule is CCOC(=O)C(F)c1ccccc1-c1cccc(F)c1. The van der Waals surface area contributed by atoms with Crippen molar-refractivity contribution in [2.45, 2.75) is 13.1 Å². The van der Waals surface area contributed by atoms with Gasteiger partial charge in [-0.15, -0.1) is 0 Å². The summed E-state index contributed by atoms with van der Waals surface area (Å²) in [6.07, 6.45) is -1.88. The fraction of sp³-hybridized carbons (Fsp3) is 0.188. The quantitative estimate of drug-likeness (QED) is 0.787. The lowest BCUT2D eigenvalue weighted by atomic mass is 9.97. The Morgan fingerprint density at radius 2 is 1.95 bits per heavy atom. The zero-order chi connectivity index (χ0) is 14.5. The molecule has 0 aromatic heterocycles. The summed E-state index contributed by atoms with van der Waals surface area (Å²) >= 11 is 0. The van der Waals surface area contributed by atoms with Crippen molar-refractivity contribution in [3.63, 3.8) is 0 Å². The summed E-state index contributed by atoms with van der Waals surface area (Å²) in [5.74, 6) is -1.35. The minimum Gasteiger partial charge on any atom is -0.464 e. The Labute approximate surface area is 116 Å². The fourth-order valence-electron chi connectivity index (χ4n) is 1.98. The van der Waals surface area contributed by atoms with Gasteiger partial charge in [0.2, 0.25) is 6.17 Å². The van der Waals surface area contributed by atoms with E-state index < -0.39 is 18.0 Å². The van der Waals surface area contributed by atoms with Gasteiger partial charge in [0.05, 0.1) is 6.61 Å². The van der Waals surface area contributed by atoms with Gasteiger partial charge in [0, 0.05) is 5.56 Å². The van der Waals surface area contributed by atoms with Crippen LogP contribution in [0, 0.1) is 5.82 Å². The zero-order valence-electron chi connectivity index (χ0n) is 11.0. The number of benzene rings is 2. The number of hydrogen-bond donors (Lipinski definition) is 0. The van der Waals surface area contributed by atoms with Gasteiger partial charge in [-0.2, -0.15) is 0 Å². The molecule has 2 nitrogen and oxygen atoms in total. The number of halogens is 2. The molecule has 2 aromatic rings. The molecule has 2 aromatic carbocycles. The molecular weight excluding hydrogens is 262 g/mol. The lowest BCUT2D eigenvalue weighted by molar-refractivity contribution is -0.149. The van der Waals surface area contributed by atoms with Crippen molar-refractivity contribution < 1.29 is 18.3 Å². The van der Waals surface area contributed by atoms with Crippen LogP contribution in [0.4, 0.5) is 8.78 Å². The highest BCUT2D eigenvalue weighted by Crippen LogP contribution is 2.31. The molecule has 0 aliphatic rings. The first-order chi connectivity index (χ1) is 9.63. The molecule has 0 spiro atoms. The second-order valence-electron chi connectivity index (χ2n) is 4.21. The second-order valence-corrected chi connectivity index (χ2v) is 4.21. The van der Waals surface area contributed by atoms with Crippen LogP contribution in [-0.2, 0) is 9.53 Å². The van der Waals surface area contributed by atoms with Gasteiger partial charge < -0.3 is 4.74 Å². The number of alkyl halides is 1. The minimum absolute atomic E-state index is 0.112. The van der Waals surface area contributed by atoms with E-state index >= 15 is 0 Å². The molecule has 0 fully saturated rings. The molecule has 0 saturated heterocycles. The second kappa shape index (κ2) is 6.28. The molecule has 104 valence electrons. The Morgan fingerprint density at radius 1 is 1.20 bits per heavy atom. The summed E-state index contributed by atoms with van der Waals surface area (Å²) < 4.78 is 32.2. The summed E-state index contributed by atoms with van der Waals surface area (Å²) in [6.45, 7) is 1.73. The molecule has 4 heteroatoms. The zero-order valence-corrected chi connectivity index (χ0v) is 11.0. The topological polar surface area (TPSA) is 26.3 Å². The Kier molecular flexibility index (Phi) is 4.45. The first-order valence-corrected chi connectivity index (χ1v) is 6.29. The molecule has 0 aliphatic heterocycles. The number of esters is 1. The molecule has 0 heterocycles. The molecule has 0 amide bonds. The van der Waals surface area contributed by atoms with Crippen LogP contribution in [0.25, 0.3) is 11.1 Å². The summed E-state index contributed by atoms with van der Waals surface area (Å²) in [5.41, 5.74) is 1.18. The molecule has 0 bridgehead atoms. The number of ether oxygens (including phenoxy) is 1. The standard InChI is InChI=1S/C16H14F2O2/c1-2-20-16(19)15(18)14-9-4-3-8-13(14)11-6-5-7-12(17)10-11/h3-10,15H,2H2,1H3. The van der Waals surface area contributed by atoms with E-state index in [1.807, 2.05) is 0 Å². The summed E-state index contributed by atoms with van der Waals surface area (Å²) in [4.78, 5) is 11.5. The third-order valence-electron chi connectivity index (χ3n) is 2.86. The van der Waals surface area contributed by atoms with Crippen molar-refractivity contribution in [3.05, 3.63) is 59.9 Å². The van der Waals surface area contributed by atoms with E-state index in [0.29, 0.717) is 11.1 Å². The van der Waals surface area contributed by atoms with Crippen LogP contribution in [0.5, 0.6) is 0 Å². The predicted molar refractivity (Wildman–Crippen MR) is 72.3 cm³/mol. The Morgan fingerprint density at radius 3 is 2.65 bits per heavy atom. The Balaban J connectivity index is 2.43. The average molecular weight is 276 g/mol. The maximum Gasteiger partial charge on any atom is 0.345 e. The molecule has 1 unspecified atom stereocenters. The first kappa shape index (κ1) is 14.2. The van der Waals surface area contributed by atoms with Crippen LogP contribution in [-0.4, -0.2) is 12.6 Å². The third-order valence-corrected chi connectivity index (χ3v) is 2.86. The van der Waals surface area contributed by atoms with E-state index in [1.54, 1.807) is 37.3 Å². The highest BCUT2D eigenvalue weighted by Gasteiger charge is 2.24. The van der Waals surface area contributed by atoms with Crippen molar-refractivity contribution in [3.8, 4) is 11.1 Å². The summed E-state index contributed by atoms with van der Waals surface area (Å²) in [6, 6.07) is 12.3. The maximum atomic E-state index is 14.2. The number of hydrogen-bond acceptors (Lipinski definition) is 2. The fourth-order valence-corrected chi connectivity index (χ4v) is 1.98. The van der Waals surface area contributed by atoms with Crippen LogP contribution in [0.15, 0.2) is 48.5 Å². The smallest absolute Gasteiger partial charge is 0.345 e.